The normalized spacial score (nSPS) is 22.8. The molecule has 1 heterocycles. The van der Waals surface area contributed by atoms with Crippen LogP contribution in [-0.2, 0) is 19.5 Å². The Morgan fingerprint density at radius 1 is 1.17 bits per heavy atom. The second-order valence-electron chi connectivity index (χ2n) is 5.33. The molecule has 0 amide bonds. The molecule has 2 aromatic rings. The number of rotatable bonds is 4. The van der Waals surface area contributed by atoms with Gasteiger partial charge in [0.15, 0.2) is 0 Å². The van der Waals surface area contributed by atoms with Gasteiger partial charge in [0.1, 0.15) is 5.75 Å². The second-order valence-corrected chi connectivity index (χ2v) is 6.26. The molecule has 0 fully saturated rings. The number of carbonyl (C=O) groups is 1. The van der Waals surface area contributed by atoms with Crippen molar-refractivity contribution < 1.29 is 18.5 Å². The molecule has 2 unspecified atom stereocenters. The highest BCUT2D eigenvalue weighted by molar-refractivity contribution is 7.95. The van der Waals surface area contributed by atoms with Gasteiger partial charge in [-0.15, -0.1) is 0 Å². The van der Waals surface area contributed by atoms with Gasteiger partial charge in [0, 0.05) is 31.6 Å². The number of fused-ring (bicyclic) bond motifs is 1. The Morgan fingerprint density at radius 2 is 1.87 bits per heavy atom. The molecule has 4 nitrogen and oxygen atoms in total. The molecule has 2 aromatic carbocycles. The van der Waals surface area contributed by atoms with Crippen molar-refractivity contribution in [2.45, 2.75) is 24.4 Å². The van der Waals surface area contributed by atoms with Crippen LogP contribution < -0.4 is 4.74 Å². The number of methoxy groups -OCH3 is 1. The summed E-state index contributed by atoms with van der Waals surface area (Å²) in [5, 5.41) is -0.0657. The van der Waals surface area contributed by atoms with Crippen LogP contribution in [0.25, 0.3) is 0 Å². The van der Waals surface area contributed by atoms with Gasteiger partial charge >= 0.3 is 5.97 Å². The van der Waals surface area contributed by atoms with E-state index in [1.807, 2.05) is 54.6 Å². The molecule has 0 aromatic heterocycles. The van der Waals surface area contributed by atoms with E-state index in [0.29, 0.717) is 6.42 Å². The number of benzene rings is 2. The van der Waals surface area contributed by atoms with E-state index < -0.39 is 5.79 Å². The maximum Gasteiger partial charge on any atom is 0.314 e. The van der Waals surface area contributed by atoms with E-state index in [1.165, 1.54) is 6.92 Å². The Hall–Kier alpha value is -1.98. The van der Waals surface area contributed by atoms with Crippen molar-refractivity contribution in [2.24, 2.45) is 0 Å². The SMILES string of the molecule is COC1(c2ccccc2)CC(SOC(C)=O)c2ccccc2O1. The van der Waals surface area contributed by atoms with Crippen LogP contribution in [0, 0.1) is 0 Å². The van der Waals surface area contributed by atoms with Crippen molar-refractivity contribution in [1.29, 1.82) is 0 Å². The Balaban J connectivity index is 2.00. The molecule has 0 saturated heterocycles. The summed E-state index contributed by atoms with van der Waals surface area (Å²) in [5.41, 5.74) is 1.94. The van der Waals surface area contributed by atoms with E-state index in [9.17, 15) is 4.79 Å². The van der Waals surface area contributed by atoms with Gasteiger partial charge < -0.3 is 13.7 Å². The molecule has 5 heteroatoms. The zero-order valence-electron chi connectivity index (χ0n) is 13.0. The van der Waals surface area contributed by atoms with E-state index in [-0.39, 0.29) is 11.2 Å². The minimum Gasteiger partial charge on any atom is -0.458 e. The molecule has 1 aliphatic heterocycles. The summed E-state index contributed by atoms with van der Waals surface area (Å²) in [5.74, 6) is -0.469. The number of hydrogen-bond acceptors (Lipinski definition) is 5. The molecular formula is C18H18O4S. The maximum absolute atomic E-state index is 11.2. The van der Waals surface area contributed by atoms with Crippen LogP contribution >= 0.6 is 12.0 Å². The van der Waals surface area contributed by atoms with Gasteiger partial charge in [0.25, 0.3) is 0 Å². The molecule has 3 rings (SSSR count). The van der Waals surface area contributed by atoms with E-state index >= 15 is 0 Å². The van der Waals surface area contributed by atoms with Crippen LogP contribution in [0.5, 0.6) is 5.75 Å². The Bertz CT molecular complexity index is 688. The molecule has 0 bridgehead atoms. The lowest BCUT2D eigenvalue weighted by atomic mass is 9.93. The molecule has 1 aliphatic rings. The summed E-state index contributed by atoms with van der Waals surface area (Å²) < 4.78 is 17.2. The van der Waals surface area contributed by atoms with Gasteiger partial charge in [-0.3, -0.25) is 4.79 Å². The third kappa shape index (κ3) is 3.21. The van der Waals surface area contributed by atoms with E-state index in [4.69, 9.17) is 13.7 Å². The van der Waals surface area contributed by atoms with Gasteiger partial charge in [0.2, 0.25) is 5.79 Å². The largest absolute Gasteiger partial charge is 0.458 e. The minimum absolute atomic E-state index is 0.0657. The van der Waals surface area contributed by atoms with Gasteiger partial charge in [-0.2, -0.15) is 0 Å². The van der Waals surface area contributed by atoms with E-state index in [0.717, 1.165) is 28.9 Å². The quantitative estimate of drug-likeness (QED) is 0.785. The van der Waals surface area contributed by atoms with Crippen molar-refractivity contribution >= 4 is 18.0 Å². The van der Waals surface area contributed by atoms with Gasteiger partial charge in [-0.05, 0) is 6.07 Å². The first-order valence-electron chi connectivity index (χ1n) is 7.37. The number of para-hydroxylation sites is 1. The zero-order chi connectivity index (χ0) is 16.3. The van der Waals surface area contributed by atoms with Crippen molar-refractivity contribution in [3.63, 3.8) is 0 Å². The third-order valence-electron chi connectivity index (χ3n) is 3.82. The summed E-state index contributed by atoms with van der Waals surface area (Å²) in [4.78, 5) is 11.2. The van der Waals surface area contributed by atoms with Crippen LogP contribution in [0.15, 0.2) is 54.6 Å². The maximum atomic E-state index is 11.2. The summed E-state index contributed by atoms with van der Waals surface area (Å²) in [7, 11) is 1.63. The molecule has 0 radical (unpaired) electrons. The highest BCUT2D eigenvalue weighted by Crippen LogP contribution is 2.50. The predicted molar refractivity (Wildman–Crippen MR) is 88.9 cm³/mol. The monoisotopic (exact) mass is 330 g/mol. The topological polar surface area (TPSA) is 44.8 Å². The first-order valence-corrected chi connectivity index (χ1v) is 8.17. The fraction of sp³-hybridized carbons (Fsp3) is 0.278. The van der Waals surface area contributed by atoms with Crippen LogP contribution in [-0.4, -0.2) is 13.1 Å². The molecule has 23 heavy (non-hydrogen) atoms. The summed E-state index contributed by atoms with van der Waals surface area (Å²) in [6, 6.07) is 17.6. The first kappa shape index (κ1) is 15.9. The average molecular weight is 330 g/mol. The third-order valence-corrected chi connectivity index (χ3v) is 4.80. The predicted octanol–water partition coefficient (Wildman–Crippen LogP) is 4.22. The first-order chi connectivity index (χ1) is 11.1. The smallest absolute Gasteiger partial charge is 0.314 e. The lowest BCUT2D eigenvalue weighted by Gasteiger charge is -2.40. The van der Waals surface area contributed by atoms with Crippen LogP contribution in [0.2, 0.25) is 0 Å². The fourth-order valence-electron chi connectivity index (χ4n) is 2.74. The van der Waals surface area contributed by atoms with Gasteiger partial charge in [-0.25, -0.2) is 0 Å². The molecule has 2 atom stereocenters. The number of carbonyl (C=O) groups excluding carboxylic acids is 1. The molecule has 0 saturated carbocycles. The van der Waals surface area contributed by atoms with Crippen LogP contribution in [0.1, 0.15) is 29.7 Å². The standard InChI is InChI=1S/C18H18O4S/c1-13(19)22-23-17-12-18(20-2,14-8-4-3-5-9-14)21-16-11-7-6-10-15(16)17/h3-11,17H,12H2,1-2H3. The zero-order valence-corrected chi connectivity index (χ0v) is 13.8. The highest BCUT2D eigenvalue weighted by atomic mass is 32.2. The highest BCUT2D eigenvalue weighted by Gasteiger charge is 2.43. The van der Waals surface area contributed by atoms with Gasteiger partial charge in [-0.1, -0.05) is 48.5 Å². The average Bonchev–Trinajstić information content (AvgIpc) is 2.60. The fourth-order valence-corrected chi connectivity index (χ4v) is 3.57. The molecular weight excluding hydrogens is 312 g/mol. The second kappa shape index (κ2) is 6.64. The Morgan fingerprint density at radius 3 is 2.57 bits per heavy atom. The summed E-state index contributed by atoms with van der Waals surface area (Å²) in [6.07, 6.45) is 0.544. The van der Waals surface area contributed by atoms with Crippen molar-refractivity contribution in [3.05, 3.63) is 65.7 Å². The lowest BCUT2D eigenvalue weighted by molar-refractivity contribution is -0.184. The van der Waals surface area contributed by atoms with E-state index in [1.54, 1.807) is 7.11 Å². The number of hydrogen-bond donors (Lipinski definition) is 0. The van der Waals surface area contributed by atoms with Crippen LogP contribution in [0.4, 0.5) is 0 Å². The van der Waals surface area contributed by atoms with Crippen molar-refractivity contribution in [3.8, 4) is 5.75 Å². The lowest BCUT2D eigenvalue weighted by Crippen LogP contribution is -2.39. The van der Waals surface area contributed by atoms with Crippen molar-refractivity contribution in [1.82, 2.24) is 0 Å². The number of ether oxygens (including phenoxy) is 2. The van der Waals surface area contributed by atoms with Crippen LogP contribution in [0.3, 0.4) is 0 Å². The van der Waals surface area contributed by atoms with Crippen molar-refractivity contribution in [2.75, 3.05) is 7.11 Å². The molecule has 0 spiro atoms. The Labute approximate surface area is 140 Å². The Kier molecular flexibility index (Phi) is 4.59. The molecule has 0 N–H and O–H groups in total. The van der Waals surface area contributed by atoms with E-state index in [2.05, 4.69) is 0 Å². The summed E-state index contributed by atoms with van der Waals surface area (Å²) in [6.45, 7) is 1.40. The summed E-state index contributed by atoms with van der Waals surface area (Å²) >= 11 is 1.15. The minimum atomic E-state index is -0.895. The molecule has 0 aliphatic carbocycles. The van der Waals surface area contributed by atoms with Gasteiger partial charge in [0.05, 0.1) is 17.3 Å². The molecule has 120 valence electrons.